The molecule has 1 saturated carbocycles. The number of sulfone groups is 1. The van der Waals surface area contributed by atoms with Crippen LogP contribution in [0.3, 0.4) is 0 Å². The molecule has 1 aliphatic carbocycles. The number of rotatable bonds is 4. The summed E-state index contributed by atoms with van der Waals surface area (Å²) in [6.07, 6.45) is 0. The molecule has 4 nitrogen and oxygen atoms in total. The van der Waals surface area contributed by atoms with E-state index in [1.54, 1.807) is 0 Å². The molecule has 1 aromatic rings. The topological polar surface area (TPSA) is 78.2 Å². The predicted molar refractivity (Wildman–Crippen MR) is 67.5 cm³/mol. The second kappa shape index (κ2) is 4.58. The number of benzene rings is 1. The van der Waals surface area contributed by atoms with E-state index in [1.165, 1.54) is 31.2 Å². The molecule has 0 radical (unpaired) electrons. The van der Waals surface area contributed by atoms with Gasteiger partial charge in [-0.3, -0.25) is 0 Å². The first-order valence-corrected chi connectivity index (χ1v) is 7.63. The fourth-order valence-electron chi connectivity index (χ4n) is 2.61. The molecular formula is C13H14FNO3S. The van der Waals surface area contributed by atoms with Gasteiger partial charge in [-0.2, -0.15) is 5.26 Å². The van der Waals surface area contributed by atoms with E-state index in [1.807, 2.05) is 6.07 Å². The molecule has 0 amide bonds. The first-order chi connectivity index (χ1) is 8.93. The number of aliphatic hydroxyl groups is 1. The Kier molecular flexibility index (Phi) is 3.37. The Bertz CT molecular complexity index is 620. The summed E-state index contributed by atoms with van der Waals surface area (Å²) in [4.78, 5) is 0. The van der Waals surface area contributed by atoms with Gasteiger partial charge >= 0.3 is 0 Å². The predicted octanol–water partition coefficient (Wildman–Crippen LogP) is 1.23. The maximum atomic E-state index is 12.9. The molecule has 0 saturated heterocycles. The van der Waals surface area contributed by atoms with Crippen LogP contribution in [0.15, 0.2) is 24.3 Å². The zero-order valence-corrected chi connectivity index (χ0v) is 11.2. The molecule has 102 valence electrons. The van der Waals surface area contributed by atoms with Crippen LogP contribution in [0, 0.1) is 22.6 Å². The van der Waals surface area contributed by atoms with Crippen molar-refractivity contribution in [3.63, 3.8) is 0 Å². The van der Waals surface area contributed by atoms with Gasteiger partial charge in [0.05, 0.1) is 17.9 Å². The Morgan fingerprint density at radius 3 is 2.42 bits per heavy atom. The molecule has 0 aromatic heterocycles. The summed E-state index contributed by atoms with van der Waals surface area (Å²) in [5, 5.41) is 17.7. The second-order valence-electron chi connectivity index (χ2n) is 4.71. The second-order valence-corrected chi connectivity index (χ2v) is 7.12. The van der Waals surface area contributed by atoms with Gasteiger partial charge in [0, 0.05) is 11.7 Å². The third-order valence-corrected chi connectivity index (χ3v) is 6.02. The molecule has 0 bridgehead atoms. The Labute approximate surface area is 111 Å². The van der Waals surface area contributed by atoms with Crippen molar-refractivity contribution in [1.29, 1.82) is 5.26 Å². The standard InChI is InChI=1S/C13H14FNO3S/c1-2-19(17,18)12-11(13(12,7-15)8-16)9-3-5-10(14)6-4-9/h3-6,11-12,16H,2,8H2,1H3. The van der Waals surface area contributed by atoms with E-state index in [4.69, 9.17) is 0 Å². The van der Waals surface area contributed by atoms with Gasteiger partial charge in [0.1, 0.15) is 11.2 Å². The summed E-state index contributed by atoms with van der Waals surface area (Å²) in [7, 11) is -3.44. The highest BCUT2D eigenvalue weighted by atomic mass is 32.2. The lowest BCUT2D eigenvalue weighted by Crippen LogP contribution is -2.19. The zero-order chi connectivity index (χ0) is 14.3. The molecule has 0 heterocycles. The van der Waals surface area contributed by atoms with Crippen LogP contribution < -0.4 is 0 Å². The highest BCUT2D eigenvalue weighted by Gasteiger charge is 2.71. The van der Waals surface area contributed by atoms with Gasteiger partial charge in [0.15, 0.2) is 9.84 Å². The van der Waals surface area contributed by atoms with E-state index in [0.29, 0.717) is 5.56 Å². The Morgan fingerprint density at radius 2 is 2.00 bits per heavy atom. The highest BCUT2D eigenvalue weighted by Crippen LogP contribution is 2.62. The lowest BCUT2D eigenvalue weighted by atomic mass is 10.0. The van der Waals surface area contributed by atoms with E-state index in [2.05, 4.69) is 0 Å². The fraction of sp³-hybridized carbons (Fsp3) is 0.462. The monoisotopic (exact) mass is 283 g/mol. The SMILES string of the molecule is CCS(=O)(=O)C1C(c2ccc(F)cc2)C1(C#N)CO. The smallest absolute Gasteiger partial charge is 0.155 e. The number of aliphatic hydroxyl groups excluding tert-OH is 1. The quantitative estimate of drug-likeness (QED) is 0.901. The van der Waals surface area contributed by atoms with Gasteiger partial charge in [0.2, 0.25) is 0 Å². The molecule has 19 heavy (non-hydrogen) atoms. The molecule has 0 aliphatic heterocycles. The summed E-state index contributed by atoms with van der Waals surface area (Å²) >= 11 is 0. The summed E-state index contributed by atoms with van der Waals surface area (Å²) in [5.41, 5.74) is -0.730. The molecule has 1 aliphatic rings. The van der Waals surface area contributed by atoms with Crippen molar-refractivity contribution in [3.8, 4) is 6.07 Å². The largest absolute Gasteiger partial charge is 0.395 e. The minimum atomic E-state index is -3.44. The minimum Gasteiger partial charge on any atom is -0.395 e. The molecule has 3 unspecified atom stereocenters. The summed E-state index contributed by atoms with van der Waals surface area (Å²) in [6, 6.07) is 7.31. The third-order valence-electron chi connectivity index (χ3n) is 3.74. The first kappa shape index (κ1) is 14.0. The van der Waals surface area contributed by atoms with Gasteiger partial charge < -0.3 is 5.11 Å². The number of nitriles is 1. The summed E-state index contributed by atoms with van der Waals surface area (Å²) in [6.45, 7) is 0.990. The molecule has 1 fully saturated rings. The van der Waals surface area contributed by atoms with Gasteiger partial charge in [-0.25, -0.2) is 12.8 Å². The zero-order valence-electron chi connectivity index (χ0n) is 10.4. The molecule has 1 N–H and O–H groups in total. The van der Waals surface area contributed by atoms with Gasteiger partial charge in [0.25, 0.3) is 0 Å². The van der Waals surface area contributed by atoms with Crippen LogP contribution in [-0.2, 0) is 9.84 Å². The number of hydrogen-bond donors (Lipinski definition) is 1. The van der Waals surface area contributed by atoms with E-state index in [-0.39, 0.29) is 5.75 Å². The van der Waals surface area contributed by atoms with Crippen molar-refractivity contribution in [2.75, 3.05) is 12.4 Å². The van der Waals surface area contributed by atoms with E-state index in [0.717, 1.165) is 0 Å². The van der Waals surface area contributed by atoms with Crippen LogP contribution in [0.25, 0.3) is 0 Å². The van der Waals surface area contributed by atoms with Crippen molar-refractivity contribution in [3.05, 3.63) is 35.6 Å². The van der Waals surface area contributed by atoms with Crippen molar-refractivity contribution in [2.45, 2.75) is 18.1 Å². The molecule has 3 atom stereocenters. The van der Waals surface area contributed by atoms with Crippen LogP contribution in [0.2, 0.25) is 0 Å². The fourth-order valence-corrected chi connectivity index (χ4v) is 4.62. The average molecular weight is 283 g/mol. The maximum Gasteiger partial charge on any atom is 0.155 e. The van der Waals surface area contributed by atoms with Gasteiger partial charge in [-0.15, -0.1) is 0 Å². The van der Waals surface area contributed by atoms with Crippen LogP contribution in [0.1, 0.15) is 18.4 Å². The lowest BCUT2D eigenvalue weighted by Gasteiger charge is -2.03. The summed E-state index contributed by atoms with van der Waals surface area (Å²) in [5.74, 6) is -1.10. The number of nitrogens with zero attached hydrogens (tertiary/aromatic N) is 1. The molecule has 0 spiro atoms. The number of hydrogen-bond acceptors (Lipinski definition) is 4. The normalized spacial score (nSPS) is 29.8. The van der Waals surface area contributed by atoms with Crippen molar-refractivity contribution in [2.24, 2.45) is 5.41 Å². The molecule has 2 rings (SSSR count). The Balaban J connectivity index is 2.46. The van der Waals surface area contributed by atoms with E-state index >= 15 is 0 Å². The minimum absolute atomic E-state index is 0.0845. The van der Waals surface area contributed by atoms with Crippen LogP contribution in [-0.4, -0.2) is 31.1 Å². The van der Waals surface area contributed by atoms with E-state index in [9.17, 15) is 23.2 Å². The van der Waals surface area contributed by atoms with Crippen molar-refractivity contribution < 1.29 is 17.9 Å². The molecule has 6 heteroatoms. The van der Waals surface area contributed by atoms with Crippen molar-refractivity contribution >= 4 is 9.84 Å². The van der Waals surface area contributed by atoms with E-state index < -0.39 is 38.8 Å². The highest BCUT2D eigenvalue weighted by molar-refractivity contribution is 7.92. The van der Waals surface area contributed by atoms with Crippen LogP contribution in [0.5, 0.6) is 0 Å². The first-order valence-electron chi connectivity index (χ1n) is 5.92. The average Bonchev–Trinajstić information content (AvgIpc) is 3.10. The van der Waals surface area contributed by atoms with Gasteiger partial charge in [-0.05, 0) is 17.7 Å². The third kappa shape index (κ3) is 2.03. The lowest BCUT2D eigenvalue weighted by molar-refractivity contribution is 0.242. The van der Waals surface area contributed by atoms with Crippen LogP contribution >= 0.6 is 0 Å². The molecular weight excluding hydrogens is 269 g/mol. The number of halogens is 1. The van der Waals surface area contributed by atoms with Crippen LogP contribution in [0.4, 0.5) is 4.39 Å². The van der Waals surface area contributed by atoms with Crippen molar-refractivity contribution in [1.82, 2.24) is 0 Å². The van der Waals surface area contributed by atoms with Gasteiger partial charge in [-0.1, -0.05) is 19.1 Å². The maximum absolute atomic E-state index is 12.9. The Hall–Kier alpha value is -1.45. The Morgan fingerprint density at radius 1 is 1.42 bits per heavy atom. The molecule has 1 aromatic carbocycles. The summed E-state index contributed by atoms with van der Waals surface area (Å²) < 4.78 is 36.9.